The second-order valence-corrected chi connectivity index (χ2v) is 13.8. The van der Waals surface area contributed by atoms with Crippen molar-refractivity contribution in [3.8, 4) is 0 Å². The zero-order valence-corrected chi connectivity index (χ0v) is 25.5. The predicted molar refractivity (Wildman–Crippen MR) is 167 cm³/mol. The summed E-state index contributed by atoms with van der Waals surface area (Å²) in [7, 11) is 1.78. The van der Waals surface area contributed by atoms with Crippen LogP contribution in [0.4, 0.5) is 8.78 Å². The van der Waals surface area contributed by atoms with Gasteiger partial charge in [-0.25, -0.2) is 13.8 Å². The Kier molecular flexibility index (Phi) is 7.67. The monoisotopic (exact) mass is 600 g/mol. The number of carbonyl (C=O) groups is 1. The molecule has 2 fully saturated rings. The van der Waals surface area contributed by atoms with Crippen molar-refractivity contribution in [2.45, 2.75) is 81.7 Å². The molecule has 2 saturated carbocycles. The third-order valence-electron chi connectivity index (χ3n) is 10.2. The van der Waals surface area contributed by atoms with Crippen LogP contribution in [0.2, 0.25) is 0 Å². The molecule has 4 aliphatic rings. The Morgan fingerprint density at radius 3 is 2.21 bits per heavy atom. The minimum absolute atomic E-state index is 0.0207. The van der Waals surface area contributed by atoms with E-state index in [2.05, 4.69) is 18.2 Å². The molecular weight excluding hydrogens is 562 g/mol. The fourth-order valence-electron chi connectivity index (χ4n) is 7.55. The number of aryl methyl sites for hydroxylation is 1. The van der Waals surface area contributed by atoms with Gasteiger partial charge in [0.25, 0.3) is 5.91 Å². The van der Waals surface area contributed by atoms with Crippen LogP contribution >= 0.6 is 11.8 Å². The molecule has 0 bridgehead atoms. The number of amides is 1. The first-order valence-electron chi connectivity index (χ1n) is 15.6. The first-order chi connectivity index (χ1) is 20.9. The number of hydrogen-bond donors (Lipinski definition) is 0. The normalized spacial score (nSPS) is 26.4. The number of nitrogens with zero attached hydrogens (tertiary/aromatic N) is 2. The summed E-state index contributed by atoms with van der Waals surface area (Å²) < 4.78 is 33.2. The van der Waals surface area contributed by atoms with Crippen molar-refractivity contribution in [1.82, 2.24) is 4.90 Å². The molecule has 0 saturated heterocycles. The van der Waals surface area contributed by atoms with E-state index < -0.39 is 5.54 Å². The minimum Gasteiger partial charge on any atom is -0.381 e. The van der Waals surface area contributed by atoms with Gasteiger partial charge in [-0.15, -0.1) is 0 Å². The molecule has 0 radical (unpaired) electrons. The van der Waals surface area contributed by atoms with Crippen molar-refractivity contribution in [2.24, 2.45) is 16.3 Å². The predicted octanol–water partition coefficient (Wildman–Crippen LogP) is 7.97. The molecule has 1 atom stereocenters. The van der Waals surface area contributed by atoms with Crippen molar-refractivity contribution in [3.63, 3.8) is 0 Å². The average molecular weight is 601 g/mol. The first-order valence-corrected chi connectivity index (χ1v) is 16.6. The number of amidine groups is 1. The van der Waals surface area contributed by atoms with E-state index in [4.69, 9.17) is 9.73 Å². The molecule has 7 heteroatoms. The molecule has 1 unspecified atom stereocenters. The highest BCUT2D eigenvalue weighted by Gasteiger charge is 2.66. The molecule has 3 aromatic carbocycles. The van der Waals surface area contributed by atoms with E-state index in [9.17, 15) is 8.78 Å². The van der Waals surface area contributed by atoms with Gasteiger partial charge in [0.15, 0.2) is 10.7 Å². The van der Waals surface area contributed by atoms with Crippen LogP contribution in [0.25, 0.3) is 0 Å². The number of benzene rings is 3. The van der Waals surface area contributed by atoms with Gasteiger partial charge >= 0.3 is 0 Å². The van der Waals surface area contributed by atoms with Crippen molar-refractivity contribution in [1.29, 1.82) is 0 Å². The Labute approximate surface area is 256 Å². The molecule has 224 valence electrons. The van der Waals surface area contributed by atoms with E-state index in [-0.39, 0.29) is 29.1 Å². The second kappa shape index (κ2) is 11.5. The molecule has 0 aromatic heterocycles. The Morgan fingerprint density at radius 1 is 0.907 bits per heavy atom. The standard InChI is InChI=1S/C36H38F2N2O2S/c1-42-31-16-18-35(19-17-31)21-28-11-6-25(5-4-24-2-3-24)20-32(28)36(35)33(41)40(22-26-7-12-29(37)13-8-26)34(39-36)43-23-27-9-14-30(38)15-10-27/h6-15,20,24,31H,2-5,16-19,21-23H2,1H3. The summed E-state index contributed by atoms with van der Waals surface area (Å²) in [5.74, 6) is 0.852. The van der Waals surface area contributed by atoms with Gasteiger partial charge in [-0.2, -0.15) is 0 Å². The highest BCUT2D eigenvalue weighted by molar-refractivity contribution is 8.13. The Morgan fingerprint density at radius 2 is 1.56 bits per heavy atom. The summed E-state index contributed by atoms with van der Waals surface area (Å²) in [6.45, 7) is 0.323. The van der Waals surface area contributed by atoms with Crippen LogP contribution < -0.4 is 0 Å². The van der Waals surface area contributed by atoms with E-state index in [0.29, 0.717) is 17.5 Å². The average Bonchev–Trinajstić information content (AvgIpc) is 3.77. The van der Waals surface area contributed by atoms with Gasteiger partial charge < -0.3 is 4.74 Å². The summed E-state index contributed by atoms with van der Waals surface area (Å²) >= 11 is 1.53. The minimum atomic E-state index is -0.998. The summed E-state index contributed by atoms with van der Waals surface area (Å²) in [5.41, 5.74) is 4.09. The van der Waals surface area contributed by atoms with Crippen LogP contribution in [0.5, 0.6) is 0 Å². The van der Waals surface area contributed by atoms with Crippen LogP contribution in [0.1, 0.15) is 72.8 Å². The molecular formula is C36H38F2N2O2S. The van der Waals surface area contributed by atoms with Crippen LogP contribution in [0, 0.1) is 23.0 Å². The van der Waals surface area contributed by atoms with Crippen LogP contribution in [0.15, 0.2) is 71.7 Å². The Bertz CT molecular complexity index is 1530. The molecule has 1 aliphatic heterocycles. The maximum absolute atomic E-state index is 15.1. The summed E-state index contributed by atoms with van der Waals surface area (Å²) in [6.07, 6.45) is 9.44. The molecule has 7 rings (SSSR count). The molecule has 1 amide bonds. The lowest BCUT2D eigenvalue weighted by Gasteiger charge is -2.45. The number of thioether (sulfide) groups is 1. The highest BCUT2D eigenvalue weighted by atomic mass is 32.2. The third-order valence-corrected chi connectivity index (χ3v) is 11.3. The summed E-state index contributed by atoms with van der Waals surface area (Å²) in [6, 6.07) is 19.7. The van der Waals surface area contributed by atoms with Gasteiger partial charge in [-0.3, -0.25) is 9.69 Å². The molecule has 3 aliphatic carbocycles. The van der Waals surface area contributed by atoms with Crippen molar-refractivity contribution in [2.75, 3.05) is 7.11 Å². The number of aliphatic imine (C=N–C) groups is 1. The quantitative estimate of drug-likeness (QED) is 0.263. The van der Waals surface area contributed by atoms with Crippen LogP contribution in [0.3, 0.4) is 0 Å². The molecule has 2 spiro atoms. The van der Waals surface area contributed by atoms with E-state index in [1.54, 1.807) is 31.4 Å². The van der Waals surface area contributed by atoms with Gasteiger partial charge in [-0.05, 0) is 103 Å². The zero-order valence-electron chi connectivity index (χ0n) is 24.7. The number of hydrogen-bond acceptors (Lipinski definition) is 4. The van der Waals surface area contributed by atoms with Crippen molar-refractivity contribution in [3.05, 3.63) is 106 Å². The molecule has 3 aromatic rings. The Balaban J connectivity index is 1.30. The Hall–Kier alpha value is -3.03. The smallest absolute Gasteiger partial charge is 0.262 e. The van der Waals surface area contributed by atoms with Gasteiger partial charge in [0.1, 0.15) is 11.6 Å². The molecule has 4 nitrogen and oxygen atoms in total. The number of carbonyl (C=O) groups excluding carboxylic acids is 1. The zero-order chi connectivity index (χ0) is 29.6. The first kappa shape index (κ1) is 28.7. The van der Waals surface area contributed by atoms with E-state index in [0.717, 1.165) is 61.1 Å². The summed E-state index contributed by atoms with van der Waals surface area (Å²) in [5, 5.41) is 0.683. The lowest BCUT2D eigenvalue weighted by molar-refractivity contribution is -0.138. The molecule has 43 heavy (non-hydrogen) atoms. The van der Waals surface area contributed by atoms with Gasteiger partial charge in [0.05, 0.1) is 12.6 Å². The van der Waals surface area contributed by atoms with Gasteiger partial charge in [0, 0.05) is 18.3 Å². The fraction of sp³-hybridized carbons (Fsp3) is 0.444. The lowest BCUT2D eigenvalue weighted by Crippen LogP contribution is -2.51. The van der Waals surface area contributed by atoms with Crippen molar-refractivity contribution >= 4 is 22.8 Å². The van der Waals surface area contributed by atoms with E-state index in [1.165, 1.54) is 66.4 Å². The maximum atomic E-state index is 15.1. The number of halogens is 2. The number of ether oxygens (including phenoxy) is 1. The highest BCUT2D eigenvalue weighted by Crippen LogP contribution is 2.62. The third kappa shape index (κ3) is 5.33. The largest absolute Gasteiger partial charge is 0.381 e. The maximum Gasteiger partial charge on any atom is 0.262 e. The fourth-order valence-corrected chi connectivity index (χ4v) is 8.54. The number of methoxy groups -OCH3 is 1. The number of fused-ring (bicyclic) bond motifs is 3. The summed E-state index contributed by atoms with van der Waals surface area (Å²) in [4.78, 5) is 22.4. The van der Waals surface area contributed by atoms with Gasteiger partial charge in [-0.1, -0.05) is 67.1 Å². The van der Waals surface area contributed by atoms with Crippen LogP contribution in [-0.2, 0) is 40.2 Å². The molecule has 0 N–H and O–H groups in total. The van der Waals surface area contributed by atoms with E-state index >= 15 is 4.79 Å². The SMILES string of the molecule is COC1CCC2(CC1)Cc1ccc(CCC3CC3)cc1C21N=C(SCc2ccc(F)cc2)N(Cc2ccc(F)cc2)C1=O. The van der Waals surface area contributed by atoms with E-state index in [1.807, 2.05) is 4.90 Å². The molecule has 1 heterocycles. The van der Waals surface area contributed by atoms with Crippen molar-refractivity contribution < 1.29 is 18.3 Å². The topological polar surface area (TPSA) is 41.9 Å². The number of rotatable bonds is 8. The lowest BCUT2D eigenvalue weighted by atomic mass is 9.61. The van der Waals surface area contributed by atoms with Crippen LogP contribution in [-0.4, -0.2) is 29.2 Å². The second-order valence-electron chi connectivity index (χ2n) is 12.9. The van der Waals surface area contributed by atoms with Gasteiger partial charge in [0.2, 0.25) is 0 Å².